The zero-order valence-corrected chi connectivity index (χ0v) is 10.6. The van der Waals surface area contributed by atoms with Crippen LogP contribution < -0.4 is 5.32 Å². The normalized spacial score (nSPS) is 14.2. The number of fused-ring (bicyclic) bond motifs is 1. The molecule has 1 heterocycles. The number of carboxylic acids is 1. The summed E-state index contributed by atoms with van der Waals surface area (Å²) >= 11 is 0. The molecule has 0 unspecified atom stereocenters. The Morgan fingerprint density at radius 3 is 2.83 bits per heavy atom. The molecule has 0 radical (unpaired) electrons. The number of anilines is 1. The minimum atomic E-state index is -0.777. The van der Waals surface area contributed by atoms with Crippen molar-refractivity contribution in [2.24, 2.45) is 0 Å². The SMILES string of the molecule is CC(C)(CCC(=O)O)c1ccc2c(c1)CC(=O)N2. The maximum absolute atomic E-state index is 11.3. The van der Waals surface area contributed by atoms with Crippen LogP contribution in [0.1, 0.15) is 37.8 Å². The van der Waals surface area contributed by atoms with Crippen molar-refractivity contribution in [1.29, 1.82) is 0 Å². The van der Waals surface area contributed by atoms with Crippen molar-refractivity contribution in [2.75, 3.05) is 5.32 Å². The molecule has 0 aliphatic carbocycles. The molecule has 96 valence electrons. The van der Waals surface area contributed by atoms with Crippen LogP contribution in [0.25, 0.3) is 0 Å². The minimum Gasteiger partial charge on any atom is -0.481 e. The van der Waals surface area contributed by atoms with E-state index in [1.54, 1.807) is 0 Å². The van der Waals surface area contributed by atoms with Crippen LogP contribution in [0.3, 0.4) is 0 Å². The molecule has 2 N–H and O–H groups in total. The van der Waals surface area contributed by atoms with Gasteiger partial charge in [0.25, 0.3) is 0 Å². The maximum atomic E-state index is 11.3. The first-order valence-corrected chi connectivity index (χ1v) is 6.03. The van der Waals surface area contributed by atoms with Gasteiger partial charge < -0.3 is 10.4 Å². The Balaban J connectivity index is 2.21. The van der Waals surface area contributed by atoms with E-state index >= 15 is 0 Å². The molecule has 4 nitrogen and oxygen atoms in total. The summed E-state index contributed by atoms with van der Waals surface area (Å²) in [6.45, 7) is 4.06. The Labute approximate surface area is 106 Å². The number of hydrogen-bond acceptors (Lipinski definition) is 2. The topological polar surface area (TPSA) is 66.4 Å². The molecule has 2 rings (SSSR count). The summed E-state index contributed by atoms with van der Waals surface area (Å²) < 4.78 is 0. The summed E-state index contributed by atoms with van der Waals surface area (Å²) in [6, 6.07) is 5.87. The number of carbonyl (C=O) groups excluding carboxylic acids is 1. The van der Waals surface area contributed by atoms with E-state index in [4.69, 9.17) is 5.11 Å². The van der Waals surface area contributed by atoms with Crippen LogP contribution in [-0.4, -0.2) is 17.0 Å². The lowest BCUT2D eigenvalue weighted by Gasteiger charge is -2.25. The van der Waals surface area contributed by atoms with E-state index in [1.165, 1.54) is 0 Å². The van der Waals surface area contributed by atoms with Gasteiger partial charge in [-0.25, -0.2) is 0 Å². The van der Waals surface area contributed by atoms with E-state index in [0.717, 1.165) is 16.8 Å². The van der Waals surface area contributed by atoms with Crippen molar-refractivity contribution in [3.8, 4) is 0 Å². The Kier molecular flexibility index (Phi) is 3.11. The highest BCUT2D eigenvalue weighted by Crippen LogP contribution is 2.33. The van der Waals surface area contributed by atoms with Crippen molar-refractivity contribution >= 4 is 17.6 Å². The van der Waals surface area contributed by atoms with E-state index in [9.17, 15) is 9.59 Å². The van der Waals surface area contributed by atoms with Gasteiger partial charge in [-0.3, -0.25) is 9.59 Å². The quantitative estimate of drug-likeness (QED) is 0.858. The van der Waals surface area contributed by atoms with Crippen LogP contribution in [0.2, 0.25) is 0 Å². The van der Waals surface area contributed by atoms with Crippen molar-refractivity contribution in [1.82, 2.24) is 0 Å². The standard InChI is InChI=1S/C14H17NO3/c1-14(2,6-5-13(17)18)10-3-4-11-9(7-10)8-12(16)15-11/h3-4,7H,5-6,8H2,1-2H3,(H,15,16)(H,17,18). The van der Waals surface area contributed by atoms with Crippen LogP contribution >= 0.6 is 0 Å². The summed E-state index contributed by atoms with van der Waals surface area (Å²) in [6.07, 6.45) is 1.15. The molecule has 0 spiro atoms. The number of carbonyl (C=O) groups is 2. The van der Waals surface area contributed by atoms with Gasteiger partial charge in [-0.2, -0.15) is 0 Å². The van der Waals surface area contributed by atoms with Gasteiger partial charge in [-0.15, -0.1) is 0 Å². The zero-order valence-electron chi connectivity index (χ0n) is 10.6. The molecule has 0 bridgehead atoms. The third-order valence-corrected chi connectivity index (χ3v) is 3.48. The largest absolute Gasteiger partial charge is 0.481 e. The van der Waals surface area contributed by atoms with Gasteiger partial charge in [-0.05, 0) is 29.0 Å². The van der Waals surface area contributed by atoms with Crippen molar-refractivity contribution in [3.05, 3.63) is 29.3 Å². The predicted molar refractivity (Wildman–Crippen MR) is 68.7 cm³/mol. The first-order chi connectivity index (χ1) is 8.38. The van der Waals surface area contributed by atoms with Gasteiger partial charge in [0.2, 0.25) is 5.91 Å². The number of carboxylic acid groups (broad SMARTS) is 1. The number of rotatable bonds is 4. The minimum absolute atomic E-state index is 0.0190. The second kappa shape index (κ2) is 4.44. The monoisotopic (exact) mass is 247 g/mol. The van der Waals surface area contributed by atoms with E-state index in [-0.39, 0.29) is 17.7 Å². The summed E-state index contributed by atoms with van der Waals surface area (Å²) in [7, 11) is 0. The first kappa shape index (κ1) is 12.6. The van der Waals surface area contributed by atoms with Crippen molar-refractivity contribution in [2.45, 2.75) is 38.5 Å². The van der Waals surface area contributed by atoms with Crippen molar-refractivity contribution < 1.29 is 14.7 Å². The van der Waals surface area contributed by atoms with E-state index < -0.39 is 5.97 Å². The second-order valence-corrected chi connectivity index (χ2v) is 5.37. The second-order valence-electron chi connectivity index (χ2n) is 5.37. The molecule has 0 aromatic heterocycles. The van der Waals surface area contributed by atoms with Gasteiger partial charge in [0.05, 0.1) is 6.42 Å². The molecular weight excluding hydrogens is 230 g/mol. The predicted octanol–water partition coefficient (Wildman–Crippen LogP) is 2.32. The fourth-order valence-corrected chi connectivity index (χ4v) is 2.21. The summed E-state index contributed by atoms with van der Waals surface area (Å²) in [5.41, 5.74) is 2.76. The Hall–Kier alpha value is -1.84. The number of hydrogen-bond donors (Lipinski definition) is 2. The average molecular weight is 247 g/mol. The molecule has 1 aromatic rings. The summed E-state index contributed by atoms with van der Waals surface area (Å²) in [4.78, 5) is 21.9. The van der Waals surface area contributed by atoms with Gasteiger partial charge in [-0.1, -0.05) is 26.0 Å². The molecule has 0 saturated heterocycles. The Morgan fingerprint density at radius 2 is 2.17 bits per heavy atom. The van der Waals surface area contributed by atoms with E-state index in [2.05, 4.69) is 5.32 Å². The van der Waals surface area contributed by atoms with Gasteiger partial charge in [0, 0.05) is 12.1 Å². The zero-order chi connectivity index (χ0) is 13.3. The molecule has 1 aliphatic heterocycles. The number of nitrogens with one attached hydrogen (secondary N) is 1. The Morgan fingerprint density at radius 1 is 1.44 bits per heavy atom. The van der Waals surface area contributed by atoms with Gasteiger partial charge >= 0.3 is 5.97 Å². The molecule has 1 aromatic carbocycles. The third kappa shape index (κ3) is 2.53. The molecule has 0 atom stereocenters. The third-order valence-electron chi connectivity index (χ3n) is 3.48. The van der Waals surface area contributed by atoms with Gasteiger partial charge in [0.1, 0.15) is 0 Å². The lowest BCUT2D eigenvalue weighted by Crippen LogP contribution is -2.18. The number of benzene rings is 1. The molecule has 18 heavy (non-hydrogen) atoms. The molecule has 0 fully saturated rings. The highest BCUT2D eigenvalue weighted by molar-refractivity contribution is 5.99. The molecule has 1 amide bonds. The summed E-state index contributed by atoms with van der Waals surface area (Å²) in [5.74, 6) is -0.758. The van der Waals surface area contributed by atoms with Crippen LogP contribution in [0.15, 0.2) is 18.2 Å². The average Bonchev–Trinajstić information content (AvgIpc) is 2.65. The molecular formula is C14H17NO3. The fraction of sp³-hybridized carbons (Fsp3) is 0.429. The van der Waals surface area contributed by atoms with Crippen LogP contribution in [-0.2, 0) is 21.4 Å². The van der Waals surface area contributed by atoms with Crippen LogP contribution in [0, 0.1) is 0 Å². The summed E-state index contributed by atoms with van der Waals surface area (Å²) in [5, 5.41) is 11.6. The number of aliphatic carboxylic acids is 1. The highest BCUT2D eigenvalue weighted by Gasteiger charge is 2.25. The fourth-order valence-electron chi connectivity index (χ4n) is 2.21. The van der Waals surface area contributed by atoms with E-state index in [1.807, 2.05) is 32.0 Å². The number of amides is 1. The molecule has 0 saturated carbocycles. The highest BCUT2D eigenvalue weighted by atomic mass is 16.4. The van der Waals surface area contributed by atoms with E-state index in [0.29, 0.717) is 12.8 Å². The molecule has 1 aliphatic rings. The first-order valence-electron chi connectivity index (χ1n) is 6.03. The van der Waals surface area contributed by atoms with Crippen molar-refractivity contribution in [3.63, 3.8) is 0 Å². The van der Waals surface area contributed by atoms with Crippen LogP contribution in [0.4, 0.5) is 5.69 Å². The maximum Gasteiger partial charge on any atom is 0.303 e. The van der Waals surface area contributed by atoms with Gasteiger partial charge in [0.15, 0.2) is 0 Å². The lowest BCUT2D eigenvalue weighted by molar-refractivity contribution is -0.137. The smallest absolute Gasteiger partial charge is 0.303 e. The van der Waals surface area contributed by atoms with Crippen LogP contribution in [0.5, 0.6) is 0 Å². The Bertz CT molecular complexity index is 506. The lowest BCUT2D eigenvalue weighted by atomic mass is 9.80. The molecule has 4 heteroatoms.